The molecule has 2 rings (SSSR count). The highest BCUT2D eigenvalue weighted by atomic mass is 32.1. The third-order valence-electron chi connectivity index (χ3n) is 3.91. The molecule has 2 aromatic rings. The van der Waals surface area contributed by atoms with Crippen molar-refractivity contribution >= 4 is 61.7 Å². The van der Waals surface area contributed by atoms with Crippen LogP contribution in [0.15, 0.2) is 23.3 Å². The van der Waals surface area contributed by atoms with E-state index < -0.39 is 45.7 Å². The highest BCUT2D eigenvalue weighted by molar-refractivity contribution is 7.22. The Kier molecular flexibility index (Phi) is 7.76. The molecule has 176 valence electrons. The zero-order valence-corrected chi connectivity index (χ0v) is 19.1. The Morgan fingerprint density at radius 3 is 2.39 bits per heavy atom. The molecule has 1 aromatic carbocycles. The molecule has 0 aliphatic carbocycles. The van der Waals surface area contributed by atoms with Crippen LogP contribution in [0.1, 0.15) is 20.8 Å². The Balaban J connectivity index is 2.37. The number of fused-ring (bicyclic) bond motifs is 1. The summed E-state index contributed by atoms with van der Waals surface area (Å²) in [5, 5.41) is 16.9. The Labute approximate surface area is 191 Å². The molecule has 2 N–H and O–H groups in total. The normalized spacial score (nSPS) is 12.6. The van der Waals surface area contributed by atoms with E-state index in [1.54, 1.807) is 20.8 Å². The number of hydrogen-bond acceptors (Lipinski definition) is 12. The van der Waals surface area contributed by atoms with Crippen LogP contribution in [0, 0.1) is 16.0 Å². The number of Topliss-reactive ketones (excluding diaryl/α,β-unsaturated/α-hetero) is 1. The largest absolute Gasteiger partial charge is 0.468 e. The van der Waals surface area contributed by atoms with Gasteiger partial charge in [0.05, 0.1) is 29.4 Å². The minimum Gasteiger partial charge on any atom is -0.468 e. The second kappa shape index (κ2) is 10.1. The molecule has 0 radical (unpaired) electrons. The van der Waals surface area contributed by atoms with E-state index in [0.717, 1.165) is 25.6 Å². The molecule has 1 atom stereocenters. The van der Waals surface area contributed by atoms with Crippen LogP contribution in [0.25, 0.3) is 10.2 Å². The van der Waals surface area contributed by atoms with Crippen LogP contribution in [0.4, 0.5) is 10.8 Å². The van der Waals surface area contributed by atoms with E-state index in [4.69, 9.17) is 0 Å². The number of nitro groups is 1. The first-order valence-electron chi connectivity index (χ1n) is 9.29. The van der Waals surface area contributed by atoms with E-state index in [-0.39, 0.29) is 10.8 Å². The van der Waals surface area contributed by atoms with Gasteiger partial charge in [-0.2, -0.15) is 5.10 Å². The second-order valence-electron chi connectivity index (χ2n) is 7.55. The van der Waals surface area contributed by atoms with Crippen LogP contribution in [0.3, 0.4) is 0 Å². The predicted octanol–water partition coefficient (Wildman–Crippen LogP) is 1.42. The third-order valence-corrected chi connectivity index (χ3v) is 4.84. The summed E-state index contributed by atoms with van der Waals surface area (Å²) >= 11 is 0.883. The number of anilines is 1. The fraction of sp³-hybridized carbons (Fsp3) is 0.368. The van der Waals surface area contributed by atoms with Gasteiger partial charge in [0.15, 0.2) is 16.8 Å². The van der Waals surface area contributed by atoms with Gasteiger partial charge in [0.1, 0.15) is 0 Å². The number of carbonyl (C=O) groups excluding carboxylic acids is 4. The first-order chi connectivity index (χ1) is 15.4. The van der Waals surface area contributed by atoms with Crippen molar-refractivity contribution in [1.82, 2.24) is 10.4 Å². The summed E-state index contributed by atoms with van der Waals surface area (Å²) in [6.07, 6.45) is 0. The van der Waals surface area contributed by atoms with Crippen molar-refractivity contribution < 1.29 is 33.6 Å². The van der Waals surface area contributed by atoms with Crippen LogP contribution in [0.2, 0.25) is 0 Å². The lowest BCUT2D eigenvalue weighted by molar-refractivity contribution is -0.384. The fourth-order valence-electron chi connectivity index (χ4n) is 2.39. The van der Waals surface area contributed by atoms with Gasteiger partial charge in [-0.1, -0.05) is 11.3 Å². The van der Waals surface area contributed by atoms with E-state index >= 15 is 0 Å². The number of amides is 1. The standard InChI is InChI=1S/C19H21N5O8S/c1-19(2,3)23-22-13(17(28)32-5)12(16(27)31-4)14(25)15(26)21-18-20-10-7-6-9(24(29)30)8-11(10)33-18/h6-8,12,23H,1-5H3,(H,20,21,26)/b22-13+/t12-/m1/s1. The molecule has 0 unspecified atom stereocenters. The number of ether oxygens (including phenoxy) is 2. The number of thiazole rings is 1. The maximum Gasteiger partial charge on any atom is 0.355 e. The van der Waals surface area contributed by atoms with Crippen LogP contribution in [-0.2, 0) is 28.7 Å². The molecule has 0 bridgehead atoms. The number of benzene rings is 1. The summed E-state index contributed by atoms with van der Waals surface area (Å²) < 4.78 is 9.59. The van der Waals surface area contributed by atoms with Gasteiger partial charge < -0.3 is 14.9 Å². The number of non-ortho nitro benzene ring substituents is 1. The quantitative estimate of drug-likeness (QED) is 0.140. The summed E-state index contributed by atoms with van der Waals surface area (Å²) in [5.41, 5.74) is 1.47. The van der Waals surface area contributed by atoms with Gasteiger partial charge in [-0.25, -0.2) is 9.78 Å². The van der Waals surface area contributed by atoms with Crippen molar-refractivity contribution in [2.45, 2.75) is 26.3 Å². The molecule has 1 heterocycles. The Morgan fingerprint density at radius 2 is 1.85 bits per heavy atom. The van der Waals surface area contributed by atoms with Crippen molar-refractivity contribution in [3.63, 3.8) is 0 Å². The molecular formula is C19H21N5O8S. The monoisotopic (exact) mass is 479 g/mol. The van der Waals surface area contributed by atoms with Crippen molar-refractivity contribution in [1.29, 1.82) is 0 Å². The van der Waals surface area contributed by atoms with E-state index in [1.165, 1.54) is 18.2 Å². The molecule has 0 saturated carbocycles. The number of methoxy groups -OCH3 is 2. The van der Waals surface area contributed by atoms with Crippen LogP contribution in [-0.4, -0.2) is 59.0 Å². The van der Waals surface area contributed by atoms with Crippen LogP contribution < -0.4 is 10.7 Å². The number of nitrogens with zero attached hydrogens (tertiary/aromatic N) is 3. The Morgan fingerprint density at radius 1 is 1.18 bits per heavy atom. The summed E-state index contributed by atoms with van der Waals surface area (Å²) in [6, 6.07) is 3.90. The van der Waals surface area contributed by atoms with Crippen LogP contribution in [0.5, 0.6) is 0 Å². The SMILES string of the molecule is COC(=O)/C(=N/NC(C)(C)C)[C@@H](C(=O)OC)C(=O)C(=O)Nc1nc2ccc([N+](=O)[O-])cc2s1. The zero-order valence-electron chi connectivity index (χ0n) is 18.3. The molecule has 0 fully saturated rings. The number of hydrazone groups is 1. The molecule has 0 aliphatic heterocycles. The molecule has 13 nitrogen and oxygen atoms in total. The molecule has 0 aliphatic rings. The van der Waals surface area contributed by atoms with Gasteiger partial charge in [-0.3, -0.25) is 29.8 Å². The van der Waals surface area contributed by atoms with Crippen molar-refractivity contribution in [2.24, 2.45) is 11.0 Å². The first-order valence-corrected chi connectivity index (χ1v) is 10.1. The lowest BCUT2D eigenvalue weighted by Crippen LogP contribution is -2.45. The first kappa shape index (κ1) is 25.3. The number of rotatable bonds is 8. The molecular weight excluding hydrogens is 458 g/mol. The maximum absolute atomic E-state index is 12.9. The average molecular weight is 479 g/mol. The van der Waals surface area contributed by atoms with Crippen molar-refractivity contribution in [3.05, 3.63) is 28.3 Å². The lowest BCUT2D eigenvalue weighted by Gasteiger charge is -2.20. The predicted molar refractivity (Wildman–Crippen MR) is 118 cm³/mol. The van der Waals surface area contributed by atoms with E-state index in [0.29, 0.717) is 10.2 Å². The van der Waals surface area contributed by atoms with Gasteiger partial charge in [0.25, 0.3) is 11.6 Å². The minimum absolute atomic E-state index is 0.0446. The number of esters is 2. The van der Waals surface area contributed by atoms with Crippen molar-refractivity contribution in [3.8, 4) is 0 Å². The summed E-state index contributed by atoms with van der Waals surface area (Å²) in [5.74, 6) is -6.93. The van der Waals surface area contributed by atoms with Gasteiger partial charge in [-0.15, -0.1) is 0 Å². The van der Waals surface area contributed by atoms with Gasteiger partial charge in [-0.05, 0) is 26.8 Å². The average Bonchev–Trinajstić information content (AvgIpc) is 3.15. The molecule has 33 heavy (non-hydrogen) atoms. The number of hydrogen-bond donors (Lipinski definition) is 2. The summed E-state index contributed by atoms with van der Waals surface area (Å²) in [7, 11) is 2.00. The minimum atomic E-state index is -2.01. The zero-order chi connectivity index (χ0) is 24.9. The lowest BCUT2D eigenvalue weighted by atomic mass is 9.97. The van der Waals surface area contributed by atoms with Gasteiger partial charge >= 0.3 is 11.9 Å². The molecule has 0 spiro atoms. The molecule has 1 aromatic heterocycles. The van der Waals surface area contributed by atoms with E-state index in [9.17, 15) is 29.3 Å². The number of aromatic nitrogens is 1. The molecule has 14 heteroatoms. The molecule has 0 saturated heterocycles. The van der Waals surface area contributed by atoms with E-state index in [2.05, 4.69) is 30.3 Å². The summed E-state index contributed by atoms with van der Waals surface area (Å²) in [4.78, 5) is 64.4. The maximum atomic E-state index is 12.9. The fourth-order valence-corrected chi connectivity index (χ4v) is 3.29. The number of nitrogens with one attached hydrogen (secondary N) is 2. The van der Waals surface area contributed by atoms with Crippen molar-refractivity contribution in [2.75, 3.05) is 19.5 Å². The third kappa shape index (κ3) is 6.29. The Bertz CT molecular complexity index is 1150. The van der Waals surface area contributed by atoms with E-state index in [1.807, 2.05) is 0 Å². The number of ketones is 1. The van der Waals surface area contributed by atoms with Crippen LogP contribution >= 0.6 is 11.3 Å². The number of nitro benzene ring substituents is 1. The summed E-state index contributed by atoms with van der Waals surface area (Å²) in [6.45, 7) is 5.14. The van der Waals surface area contributed by atoms with Gasteiger partial charge in [0, 0.05) is 17.7 Å². The highest BCUT2D eigenvalue weighted by Crippen LogP contribution is 2.29. The smallest absolute Gasteiger partial charge is 0.355 e. The van der Waals surface area contributed by atoms with Gasteiger partial charge in [0.2, 0.25) is 5.78 Å². The highest BCUT2D eigenvalue weighted by Gasteiger charge is 2.41. The number of carbonyl (C=O) groups is 4. The topological polar surface area (TPSA) is 179 Å². The molecule has 1 amide bonds. The second-order valence-corrected chi connectivity index (χ2v) is 8.58. The Hall–Kier alpha value is -3.94.